The first-order valence-corrected chi connectivity index (χ1v) is 8.12. The molecule has 0 saturated heterocycles. The van der Waals surface area contributed by atoms with E-state index in [4.69, 9.17) is 23.2 Å². The number of hydrogen-bond acceptors (Lipinski definition) is 2. The average Bonchev–Trinajstić information content (AvgIpc) is 2.94. The van der Waals surface area contributed by atoms with E-state index in [0.29, 0.717) is 10.0 Å². The molecule has 1 heterocycles. The average molecular weight is 334 g/mol. The molecule has 1 N–H and O–H groups in total. The van der Waals surface area contributed by atoms with Crippen molar-refractivity contribution in [3.8, 4) is 10.4 Å². The molecule has 0 amide bonds. The van der Waals surface area contributed by atoms with Crippen LogP contribution >= 0.6 is 34.5 Å². The minimum absolute atomic E-state index is 0.640. The number of halogens is 2. The molecule has 1 aromatic heterocycles. The molecule has 0 fully saturated rings. The van der Waals surface area contributed by atoms with Gasteiger partial charge in [0.1, 0.15) is 0 Å². The zero-order valence-corrected chi connectivity index (χ0v) is 13.5. The molecule has 3 aromatic rings. The van der Waals surface area contributed by atoms with Crippen molar-refractivity contribution in [2.75, 3.05) is 5.32 Å². The van der Waals surface area contributed by atoms with Gasteiger partial charge in [-0.2, -0.15) is 0 Å². The molecule has 2 aromatic carbocycles. The van der Waals surface area contributed by atoms with Crippen molar-refractivity contribution < 1.29 is 0 Å². The number of benzene rings is 2. The third-order valence-electron chi connectivity index (χ3n) is 3.05. The van der Waals surface area contributed by atoms with E-state index in [1.54, 1.807) is 17.4 Å². The Morgan fingerprint density at radius 2 is 1.57 bits per heavy atom. The van der Waals surface area contributed by atoms with Gasteiger partial charge in [-0.05, 0) is 35.9 Å². The number of anilines is 1. The van der Waals surface area contributed by atoms with E-state index < -0.39 is 0 Å². The molecular weight excluding hydrogens is 321 g/mol. The topological polar surface area (TPSA) is 12.0 Å². The second-order valence-corrected chi connectivity index (χ2v) is 6.68. The summed E-state index contributed by atoms with van der Waals surface area (Å²) >= 11 is 13.8. The molecule has 3 rings (SSSR count). The van der Waals surface area contributed by atoms with E-state index >= 15 is 0 Å². The van der Waals surface area contributed by atoms with Crippen molar-refractivity contribution in [3.05, 3.63) is 75.6 Å². The van der Waals surface area contributed by atoms with Gasteiger partial charge in [0.2, 0.25) is 0 Å². The van der Waals surface area contributed by atoms with Crippen molar-refractivity contribution in [1.82, 2.24) is 0 Å². The first-order chi connectivity index (χ1) is 10.2. The van der Waals surface area contributed by atoms with Crippen LogP contribution in [0.15, 0.2) is 60.7 Å². The molecule has 0 bridgehead atoms. The maximum absolute atomic E-state index is 5.99. The standard InChI is InChI=1S/C17H13Cl2NS/c18-13-8-14(19)10-15(9-13)20-11-16-6-7-17(21-16)12-4-2-1-3-5-12/h1-10,20H,11H2. The maximum atomic E-state index is 5.99. The summed E-state index contributed by atoms with van der Waals surface area (Å²) in [5.41, 5.74) is 2.18. The first kappa shape index (κ1) is 14.5. The fourth-order valence-corrected chi connectivity index (χ4v) is 3.55. The largest absolute Gasteiger partial charge is 0.380 e. The zero-order valence-electron chi connectivity index (χ0n) is 11.1. The second-order valence-electron chi connectivity index (χ2n) is 4.64. The first-order valence-electron chi connectivity index (χ1n) is 6.55. The third kappa shape index (κ3) is 3.79. The number of thiophene rings is 1. The predicted octanol–water partition coefficient (Wildman–Crippen LogP) is 6.33. The summed E-state index contributed by atoms with van der Waals surface area (Å²) in [7, 11) is 0. The Kier molecular flexibility index (Phi) is 4.49. The molecule has 0 unspecified atom stereocenters. The van der Waals surface area contributed by atoms with E-state index in [-0.39, 0.29) is 0 Å². The SMILES string of the molecule is Clc1cc(Cl)cc(NCc2ccc(-c3ccccc3)s2)c1. The molecular formula is C17H13Cl2NS. The van der Waals surface area contributed by atoms with Crippen LogP contribution in [0.3, 0.4) is 0 Å². The van der Waals surface area contributed by atoms with Gasteiger partial charge in [0.05, 0.1) is 0 Å². The van der Waals surface area contributed by atoms with Crippen molar-refractivity contribution in [3.63, 3.8) is 0 Å². The molecule has 4 heteroatoms. The highest BCUT2D eigenvalue weighted by molar-refractivity contribution is 7.15. The Balaban J connectivity index is 1.70. The molecule has 1 nitrogen and oxygen atoms in total. The fraction of sp³-hybridized carbons (Fsp3) is 0.0588. The van der Waals surface area contributed by atoms with Crippen LogP contribution in [0.25, 0.3) is 10.4 Å². The van der Waals surface area contributed by atoms with Crippen molar-refractivity contribution in [2.45, 2.75) is 6.54 Å². The normalized spacial score (nSPS) is 10.6. The Hall–Kier alpha value is -1.48. The predicted molar refractivity (Wildman–Crippen MR) is 93.5 cm³/mol. The van der Waals surface area contributed by atoms with Crippen LogP contribution in [0.2, 0.25) is 10.0 Å². The van der Waals surface area contributed by atoms with Gasteiger partial charge in [0, 0.05) is 32.0 Å². The van der Waals surface area contributed by atoms with Crippen LogP contribution in [-0.4, -0.2) is 0 Å². The van der Waals surface area contributed by atoms with Crippen LogP contribution in [0.5, 0.6) is 0 Å². The zero-order chi connectivity index (χ0) is 14.7. The number of nitrogens with one attached hydrogen (secondary N) is 1. The molecule has 0 aliphatic carbocycles. The van der Waals surface area contributed by atoms with Crippen LogP contribution in [0.1, 0.15) is 4.88 Å². The minimum Gasteiger partial charge on any atom is -0.380 e. The summed E-state index contributed by atoms with van der Waals surface area (Å²) in [5, 5.41) is 4.63. The fourth-order valence-electron chi connectivity index (χ4n) is 2.08. The lowest BCUT2D eigenvalue weighted by Gasteiger charge is -2.06. The van der Waals surface area contributed by atoms with Crippen molar-refractivity contribution in [2.24, 2.45) is 0 Å². The van der Waals surface area contributed by atoms with Gasteiger partial charge in [0.15, 0.2) is 0 Å². The quantitative estimate of drug-likeness (QED) is 0.587. The molecule has 0 aliphatic heterocycles. The Morgan fingerprint density at radius 1 is 0.857 bits per heavy atom. The molecule has 106 valence electrons. The molecule has 21 heavy (non-hydrogen) atoms. The van der Waals surface area contributed by atoms with Crippen molar-refractivity contribution >= 4 is 40.2 Å². The summed E-state index contributed by atoms with van der Waals surface area (Å²) in [6, 6.07) is 20.2. The Labute approximate surface area is 138 Å². The highest BCUT2D eigenvalue weighted by Gasteiger charge is 2.03. The van der Waals surface area contributed by atoms with Crippen LogP contribution < -0.4 is 5.32 Å². The van der Waals surface area contributed by atoms with E-state index in [9.17, 15) is 0 Å². The maximum Gasteiger partial charge on any atom is 0.0494 e. The Bertz CT molecular complexity index is 717. The van der Waals surface area contributed by atoms with Gasteiger partial charge in [-0.3, -0.25) is 0 Å². The van der Waals surface area contributed by atoms with Gasteiger partial charge in [-0.15, -0.1) is 11.3 Å². The smallest absolute Gasteiger partial charge is 0.0494 e. The number of rotatable bonds is 4. The molecule has 0 radical (unpaired) electrons. The van der Waals surface area contributed by atoms with Gasteiger partial charge < -0.3 is 5.32 Å². The lowest BCUT2D eigenvalue weighted by molar-refractivity contribution is 1.19. The van der Waals surface area contributed by atoms with Gasteiger partial charge in [-0.1, -0.05) is 53.5 Å². The van der Waals surface area contributed by atoms with Crippen LogP contribution in [0.4, 0.5) is 5.69 Å². The van der Waals surface area contributed by atoms with Gasteiger partial charge >= 0.3 is 0 Å². The molecule has 0 saturated carbocycles. The van der Waals surface area contributed by atoms with Crippen molar-refractivity contribution in [1.29, 1.82) is 0 Å². The summed E-state index contributed by atoms with van der Waals surface area (Å²) in [6.07, 6.45) is 0. The van der Waals surface area contributed by atoms with E-state index in [1.165, 1.54) is 15.3 Å². The van der Waals surface area contributed by atoms with E-state index in [0.717, 1.165) is 12.2 Å². The Morgan fingerprint density at radius 3 is 2.29 bits per heavy atom. The highest BCUT2D eigenvalue weighted by atomic mass is 35.5. The third-order valence-corrected chi connectivity index (χ3v) is 4.62. The van der Waals surface area contributed by atoms with E-state index in [1.807, 2.05) is 18.2 Å². The minimum atomic E-state index is 0.640. The summed E-state index contributed by atoms with van der Waals surface area (Å²) in [5.74, 6) is 0. The summed E-state index contributed by atoms with van der Waals surface area (Å²) < 4.78 is 0. The lowest BCUT2D eigenvalue weighted by Crippen LogP contribution is -1.96. The highest BCUT2D eigenvalue weighted by Crippen LogP contribution is 2.29. The molecule has 0 spiro atoms. The second kappa shape index (κ2) is 6.52. The summed E-state index contributed by atoms with van der Waals surface area (Å²) in [4.78, 5) is 2.54. The van der Waals surface area contributed by atoms with Gasteiger partial charge in [0.25, 0.3) is 0 Å². The van der Waals surface area contributed by atoms with E-state index in [2.05, 4.69) is 41.7 Å². The van der Waals surface area contributed by atoms with Crippen LogP contribution in [-0.2, 0) is 6.54 Å². The number of hydrogen-bond donors (Lipinski definition) is 1. The monoisotopic (exact) mass is 333 g/mol. The van der Waals surface area contributed by atoms with Gasteiger partial charge in [-0.25, -0.2) is 0 Å². The molecule has 0 aliphatic rings. The molecule has 0 atom stereocenters. The lowest BCUT2D eigenvalue weighted by atomic mass is 10.2. The summed E-state index contributed by atoms with van der Waals surface area (Å²) in [6.45, 7) is 0.758. The van der Waals surface area contributed by atoms with Crippen LogP contribution in [0, 0.1) is 0 Å².